The first-order valence-corrected chi connectivity index (χ1v) is 5.76. The number of hydrogen-bond acceptors (Lipinski definition) is 5. The molecule has 3 atom stereocenters. The molecule has 0 aliphatic carbocycles. The van der Waals surface area contributed by atoms with Crippen LogP contribution in [0.5, 0.6) is 0 Å². The second kappa shape index (κ2) is 7.10. The number of aliphatic hydroxyl groups excluding tert-OH is 2. The summed E-state index contributed by atoms with van der Waals surface area (Å²) in [7, 11) is 2.93. The Bertz CT molecular complexity index is 369. The molecule has 0 aliphatic rings. The van der Waals surface area contributed by atoms with Crippen LogP contribution in [0.4, 0.5) is 0 Å². The fourth-order valence-corrected chi connectivity index (χ4v) is 1.75. The lowest BCUT2D eigenvalue weighted by Crippen LogP contribution is -2.37. The van der Waals surface area contributed by atoms with Gasteiger partial charge in [0, 0.05) is 6.04 Å². The van der Waals surface area contributed by atoms with Crippen molar-refractivity contribution < 1.29 is 19.7 Å². The Morgan fingerprint density at radius 3 is 2.44 bits per heavy atom. The van der Waals surface area contributed by atoms with Crippen LogP contribution < -0.4 is 5.32 Å². The van der Waals surface area contributed by atoms with Gasteiger partial charge in [0.2, 0.25) is 0 Å². The van der Waals surface area contributed by atoms with E-state index in [1.807, 2.05) is 30.3 Å². The van der Waals surface area contributed by atoms with Crippen LogP contribution in [-0.4, -0.2) is 42.5 Å². The Kier molecular flexibility index (Phi) is 5.77. The maximum atomic E-state index is 11.1. The van der Waals surface area contributed by atoms with Crippen LogP contribution in [0.25, 0.3) is 0 Å². The second-order valence-corrected chi connectivity index (χ2v) is 4.02. The molecule has 1 aromatic rings. The molecule has 0 bridgehead atoms. The average Bonchev–Trinajstić information content (AvgIpc) is 2.43. The molecule has 1 aromatic carbocycles. The number of methoxy groups -OCH3 is 1. The van der Waals surface area contributed by atoms with E-state index < -0.39 is 18.2 Å². The number of esters is 1. The zero-order chi connectivity index (χ0) is 13.5. The van der Waals surface area contributed by atoms with Gasteiger partial charge in [-0.05, 0) is 19.0 Å². The molecule has 0 aromatic heterocycles. The summed E-state index contributed by atoms with van der Waals surface area (Å²) in [6.45, 7) is 0. The van der Waals surface area contributed by atoms with Crippen LogP contribution in [0.15, 0.2) is 30.3 Å². The number of benzene rings is 1. The fourth-order valence-electron chi connectivity index (χ4n) is 1.75. The van der Waals surface area contributed by atoms with E-state index in [4.69, 9.17) is 0 Å². The monoisotopic (exact) mass is 253 g/mol. The molecule has 0 fully saturated rings. The van der Waals surface area contributed by atoms with Crippen molar-refractivity contribution in [2.45, 2.75) is 24.7 Å². The zero-order valence-electron chi connectivity index (χ0n) is 10.5. The SMILES string of the molecule is CNC(CC(O)C(O)C(=O)OC)c1ccccc1. The Morgan fingerprint density at radius 1 is 1.33 bits per heavy atom. The van der Waals surface area contributed by atoms with E-state index in [9.17, 15) is 15.0 Å². The predicted molar refractivity (Wildman–Crippen MR) is 66.9 cm³/mol. The maximum absolute atomic E-state index is 11.1. The molecule has 5 heteroatoms. The maximum Gasteiger partial charge on any atom is 0.337 e. The molecule has 0 saturated heterocycles. The van der Waals surface area contributed by atoms with Crippen molar-refractivity contribution >= 4 is 5.97 Å². The number of nitrogens with one attached hydrogen (secondary N) is 1. The summed E-state index contributed by atoms with van der Waals surface area (Å²) in [5, 5.41) is 22.4. The first-order valence-electron chi connectivity index (χ1n) is 5.76. The molecular formula is C13H19NO4. The molecule has 18 heavy (non-hydrogen) atoms. The smallest absolute Gasteiger partial charge is 0.337 e. The molecule has 0 aliphatic heterocycles. The van der Waals surface area contributed by atoms with Crippen LogP contribution in [0.1, 0.15) is 18.0 Å². The summed E-state index contributed by atoms with van der Waals surface area (Å²) in [5.41, 5.74) is 0.983. The van der Waals surface area contributed by atoms with E-state index in [-0.39, 0.29) is 12.5 Å². The molecule has 0 spiro atoms. The van der Waals surface area contributed by atoms with Gasteiger partial charge < -0.3 is 20.3 Å². The molecule has 0 amide bonds. The number of carbonyl (C=O) groups excluding carboxylic acids is 1. The van der Waals surface area contributed by atoms with Gasteiger partial charge in [0.1, 0.15) is 0 Å². The van der Waals surface area contributed by atoms with Gasteiger partial charge in [0.15, 0.2) is 6.10 Å². The van der Waals surface area contributed by atoms with Gasteiger partial charge in [-0.1, -0.05) is 30.3 Å². The standard InChI is InChI=1S/C13H19NO4/c1-14-10(9-6-4-3-5-7-9)8-11(15)12(16)13(17)18-2/h3-7,10-12,14-16H,8H2,1-2H3. The zero-order valence-corrected chi connectivity index (χ0v) is 10.5. The molecule has 1 rings (SSSR count). The molecular weight excluding hydrogens is 234 g/mol. The van der Waals surface area contributed by atoms with E-state index in [2.05, 4.69) is 10.1 Å². The Balaban J connectivity index is 2.66. The van der Waals surface area contributed by atoms with Crippen molar-refractivity contribution in [3.63, 3.8) is 0 Å². The van der Waals surface area contributed by atoms with Gasteiger partial charge in [0.25, 0.3) is 0 Å². The minimum atomic E-state index is -1.52. The average molecular weight is 253 g/mol. The molecule has 0 heterocycles. The Morgan fingerprint density at radius 2 is 1.94 bits per heavy atom. The lowest BCUT2D eigenvalue weighted by molar-refractivity contribution is -0.157. The van der Waals surface area contributed by atoms with E-state index in [1.165, 1.54) is 7.11 Å². The van der Waals surface area contributed by atoms with E-state index in [0.29, 0.717) is 0 Å². The van der Waals surface area contributed by atoms with Crippen LogP contribution >= 0.6 is 0 Å². The van der Waals surface area contributed by atoms with Crippen LogP contribution in [-0.2, 0) is 9.53 Å². The van der Waals surface area contributed by atoms with Crippen molar-refractivity contribution in [3.8, 4) is 0 Å². The van der Waals surface area contributed by atoms with Gasteiger partial charge in [-0.15, -0.1) is 0 Å². The molecule has 3 N–H and O–H groups in total. The number of hydrogen-bond donors (Lipinski definition) is 3. The van der Waals surface area contributed by atoms with E-state index >= 15 is 0 Å². The Hall–Kier alpha value is -1.43. The molecule has 0 radical (unpaired) electrons. The highest BCUT2D eigenvalue weighted by molar-refractivity contribution is 5.74. The molecule has 5 nitrogen and oxygen atoms in total. The third-order valence-corrected chi connectivity index (χ3v) is 2.83. The van der Waals surface area contributed by atoms with Gasteiger partial charge in [-0.3, -0.25) is 0 Å². The number of rotatable bonds is 6. The number of aliphatic hydroxyl groups is 2. The van der Waals surface area contributed by atoms with Crippen LogP contribution in [0, 0.1) is 0 Å². The number of ether oxygens (including phenoxy) is 1. The highest BCUT2D eigenvalue weighted by Gasteiger charge is 2.27. The van der Waals surface area contributed by atoms with Crippen molar-refractivity contribution in [1.82, 2.24) is 5.32 Å². The second-order valence-electron chi connectivity index (χ2n) is 4.02. The first-order chi connectivity index (χ1) is 8.60. The van der Waals surface area contributed by atoms with E-state index in [0.717, 1.165) is 5.56 Å². The van der Waals surface area contributed by atoms with Crippen LogP contribution in [0.3, 0.4) is 0 Å². The van der Waals surface area contributed by atoms with Gasteiger partial charge in [0.05, 0.1) is 13.2 Å². The first kappa shape index (κ1) is 14.6. The minimum absolute atomic E-state index is 0.138. The van der Waals surface area contributed by atoms with Crippen molar-refractivity contribution in [2.24, 2.45) is 0 Å². The van der Waals surface area contributed by atoms with Gasteiger partial charge in [-0.25, -0.2) is 4.79 Å². The highest BCUT2D eigenvalue weighted by atomic mass is 16.5. The summed E-state index contributed by atoms with van der Waals surface area (Å²) >= 11 is 0. The topological polar surface area (TPSA) is 78.8 Å². The van der Waals surface area contributed by atoms with Gasteiger partial charge in [-0.2, -0.15) is 0 Å². The third kappa shape index (κ3) is 3.80. The van der Waals surface area contributed by atoms with Gasteiger partial charge >= 0.3 is 5.97 Å². The van der Waals surface area contributed by atoms with Crippen LogP contribution in [0.2, 0.25) is 0 Å². The summed E-state index contributed by atoms with van der Waals surface area (Å²) < 4.78 is 4.38. The fraction of sp³-hybridized carbons (Fsp3) is 0.462. The quantitative estimate of drug-likeness (QED) is 0.633. The lowest BCUT2D eigenvalue weighted by atomic mass is 9.98. The van der Waals surface area contributed by atoms with E-state index in [1.54, 1.807) is 7.05 Å². The Labute approximate surface area is 106 Å². The third-order valence-electron chi connectivity index (χ3n) is 2.83. The summed E-state index contributed by atoms with van der Waals surface area (Å²) in [4.78, 5) is 11.1. The lowest BCUT2D eigenvalue weighted by Gasteiger charge is -2.22. The van der Waals surface area contributed by atoms with Crippen molar-refractivity contribution in [2.75, 3.05) is 14.2 Å². The highest BCUT2D eigenvalue weighted by Crippen LogP contribution is 2.19. The minimum Gasteiger partial charge on any atom is -0.467 e. The summed E-state index contributed by atoms with van der Waals surface area (Å²) in [5.74, 6) is -0.828. The normalized spacial score (nSPS) is 15.8. The number of carbonyl (C=O) groups is 1. The summed E-state index contributed by atoms with van der Waals surface area (Å²) in [6, 6.07) is 9.37. The largest absolute Gasteiger partial charge is 0.467 e. The predicted octanol–water partition coefficient (Wildman–Crippen LogP) is 0.232. The summed E-state index contributed by atoms with van der Waals surface area (Å²) in [6.07, 6.45) is -2.47. The molecule has 0 saturated carbocycles. The molecule has 100 valence electrons. The van der Waals surface area contributed by atoms with Crippen molar-refractivity contribution in [3.05, 3.63) is 35.9 Å². The van der Waals surface area contributed by atoms with Crippen molar-refractivity contribution in [1.29, 1.82) is 0 Å². The molecule has 3 unspecified atom stereocenters.